The van der Waals surface area contributed by atoms with Crippen LogP contribution in [0, 0.1) is 0 Å². The predicted molar refractivity (Wildman–Crippen MR) is 113 cm³/mol. The molecule has 0 radical (unpaired) electrons. The van der Waals surface area contributed by atoms with E-state index in [-0.39, 0.29) is 30.3 Å². The van der Waals surface area contributed by atoms with Crippen molar-refractivity contribution in [3.63, 3.8) is 0 Å². The van der Waals surface area contributed by atoms with E-state index in [2.05, 4.69) is 20.8 Å². The maximum Gasteiger partial charge on any atom is 0.223 e. The zero-order chi connectivity index (χ0) is 20.1. The zero-order valence-corrected chi connectivity index (χ0v) is 17.4. The number of amides is 1. The quantitative estimate of drug-likeness (QED) is 0.635. The lowest BCUT2D eigenvalue weighted by Crippen LogP contribution is -2.48. The minimum Gasteiger partial charge on any atom is -0.368 e. The maximum atomic E-state index is 12.5. The van der Waals surface area contributed by atoms with Crippen molar-refractivity contribution in [3.8, 4) is 0 Å². The summed E-state index contributed by atoms with van der Waals surface area (Å²) in [5, 5.41) is 0. The average molecular weight is 443 g/mol. The van der Waals surface area contributed by atoms with E-state index >= 15 is 0 Å². The van der Waals surface area contributed by atoms with Crippen LogP contribution in [0.25, 0.3) is 0 Å². The number of hydrogen-bond donors (Lipinski definition) is 0. The molecule has 146 valence electrons. The van der Waals surface area contributed by atoms with Gasteiger partial charge in [-0.2, -0.15) is 0 Å². The lowest BCUT2D eigenvalue weighted by Gasteiger charge is -2.36. The normalized spacial score (nSPS) is 14.1. The number of benzene rings is 2. The number of halogens is 1. The molecule has 0 aromatic heterocycles. The lowest BCUT2D eigenvalue weighted by molar-refractivity contribution is -0.131. The van der Waals surface area contributed by atoms with Gasteiger partial charge in [-0.1, -0.05) is 28.1 Å². The number of nitrogens with zero attached hydrogens (tertiary/aromatic N) is 2. The van der Waals surface area contributed by atoms with Crippen LogP contribution in [0.15, 0.2) is 53.0 Å². The molecule has 1 amide bonds. The summed E-state index contributed by atoms with van der Waals surface area (Å²) in [4.78, 5) is 40.1. The first-order valence-electron chi connectivity index (χ1n) is 9.36. The standard InChI is InChI=1S/C22H23BrN2O3/c1-16(26)17-4-8-20(9-5-17)24-12-14-25(15-13-24)22(28)11-10-21(27)18-2-6-19(23)7-3-18/h2-9H,10-15H2,1H3. The van der Waals surface area contributed by atoms with Gasteiger partial charge in [-0.15, -0.1) is 0 Å². The van der Waals surface area contributed by atoms with Crippen LogP contribution in [0.5, 0.6) is 0 Å². The highest BCUT2D eigenvalue weighted by molar-refractivity contribution is 9.10. The number of anilines is 1. The third kappa shape index (κ3) is 5.07. The molecule has 2 aromatic rings. The van der Waals surface area contributed by atoms with Crippen LogP contribution in [-0.2, 0) is 4.79 Å². The summed E-state index contributed by atoms with van der Waals surface area (Å²) in [6.45, 7) is 4.32. The van der Waals surface area contributed by atoms with Gasteiger partial charge in [-0.25, -0.2) is 0 Å². The molecule has 0 atom stereocenters. The first-order valence-corrected chi connectivity index (χ1v) is 10.2. The molecule has 0 unspecified atom stereocenters. The van der Waals surface area contributed by atoms with E-state index in [1.165, 1.54) is 0 Å². The molecule has 1 heterocycles. The summed E-state index contributed by atoms with van der Waals surface area (Å²) in [6.07, 6.45) is 0.468. The molecule has 5 nitrogen and oxygen atoms in total. The Bertz CT molecular complexity index is 854. The van der Waals surface area contributed by atoms with Gasteiger partial charge in [0.1, 0.15) is 0 Å². The fraction of sp³-hybridized carbons (Fsp3) is 0.318. The predicted octanol–water partition coefficient (Wildman–Crippen LogP) is 3.96. The van der Waals surface area contributed by atoms with E-state index in [1.54, 1.807) is 19.1 Å². The van der Waals surface area contributed by atoms with Gasteiger partial charge in [-0.05, 0) is 43.3 Å². The molecule has 1 saturated heterocycles. The largest absolute Gasteiger partial charge is 0.368 e. The topological polar surface area (TPSA) is 57.7 Å². The van der Waals surface area contributed by atoms with Crippen molar-refractivity contribution in [2.45, 2.75) is 19.8 Å². The Hall–Kier alpha value is -2.47. The molecule has 0 spiro atoms. The first-order chi connectivity index (χ1) is 13.4. The van der Waals surface area contributed by atoms with E-state index in [4.69, 9.17) is 0 Å². The molecule has 1 aliphatic rings. The second-order valence-corrected chi connectivity index (χ2v) is 7.82. The Morgan fingerprint density at radius 2 is 1.39 bits per heavy atom. The van der Waals surface area contributed by atoms with Crippen LogP contribution >= 0.6 is 15.9 Å². The molecule has 0 N–H and O–H groups in total. The van der Waals surface area contributed by atoms with E-state index in [0.717, 1.165) is 23.2 Å². The lowest BCUT2D eigenvalue weighted by atomic mass is 10.1. The molecule has 1 fully saturated rings. The van der Waals surface area contributed by atoms with Gasteiger partial charge in [0.15, 0.2) is 11.6 Å². The Labute approximate surface area is 173 Å². The minimum absolute atomic E-state index is 0.00922. The third-order valence-electron chi connectivity index (χ3n) is 5.00. The van der Waals surface area contributed by atoms with Crippen molar-refractivity contribution in [2.24, 2.45) is 0 Å². The molecule has 6 heteroatoms. The van der Waals surface area contributed by atoms with Crippen molar-refractivity contribution < 1.29 is 14.4 Å². The minimum atomic E-state index is -0.00922. The Morgan fingerprint density at radius 1 is 0.821 bits per heavy atom. The second-order valence-electron chi connectivity index (χ2n) is 6.90. The van der Waals surface area contributed by atoms with Crippen LogP contribution in [0.3, 0.4) is 0 Å². The Balaban J connectivity index is 1.47. The van der Waals surface area contributed by atoms with Crippen molar-refractivity contribution in [1.82, 2.24) is 4.90 Å². The summed E-state index contributed by atoms with van der Waals surface area (Å²) in [5.74, 6) is 0.0711. The van der Waals surface area contributed by atoms with E-state index in [0.29, 0.717) is 24.2 Å². The number of rotatable bonds is 6. The van der Waals surface area contributed by atoms with Gasteiger partial charge >= 0.3 is 0 Å². The van der Waals surface area contributed by atoms with Crippen LogP contribution in [0.2, 0.25) is 0 Å². The fourth-order valence-electron chi connectivity index (χ4n) is 3.28. The molecule has 0 aliphatic carbocycles. The molecular weight excluding hydrogens is 420 g/mol. The molecular formula is C22H23BrN2O3. The van der Waals surface area contributed by atoms with Crippen LogP contribution in [-0.4, -0.2) is 48.6 Å². The van der Waals surface area contributed by atoms with Gasteiger partial charge in [0.2, 0.25) is 5.91 Å². The van der Waals surface area contributed by atoms with Crippen LogP contribution < -0.4 is 4.90 Å². The molecule has 2 aromatic carbocycles. The molecule has 3 rings (SSSR count). The summed E-state index contributed by atoms with van der Waals surface area (Å²) in [7, 11) is 0. The molecule has 0 bridgehead atoms. The summed E-state index contributed by atoms with van der Waals surface area (Å²) in [5.41, 5.74) is 2.39. The van der Waals surface area contributed by atoms with Gasteiger partial charge in [0.05, 0.1) is 0 Å². The maximum absolute atomic E-state index is 12.5. The Kier molecular flexibility index (Phi) is 6.62. The van der Waals surface area contributed by atoms with Gasteiger partial charge in [-0.3, -0.25) is 14.4 Å². The highest BCUT2D eigenvalue weighted by Crippen LogP contribution is 2.18. The number of carbonyl (C=O) groups is 3. The van der Waals surface area contributed by atoms with Crippen molar-refractivity contribution in [3.05, 3.63) is 64.1 Å². The highest BCUT2D eigenvalue weighted by Gasteiger charge is 2.22. The third-order valence-corrected chi connectivity index (χ3v) is 5.53. The Morgan fingerprint density at radius 3 is 1.96 bits per heavy atom. The number of hydrogen-bond acceptors (Lipinski definition) is 4. The number of ketones is 2. The van der Waals surface area contributed by atoms with Crippen molar-refractivity contribution in [2.75, 3.05) is 31.1 Å². The molecule has 0 saturated carbocycles. The van der Waals surface area contributed by atoms with Gasteiger partial charge in [0.25, 0.3) is 0 Å². The number of piperazine rings is 1. The molecule has 1 aliphatic heterocycles. The average Bonchev–Trinajstić information content (AvgIpc) is 2.72. The molecule has 28 heavy (non-hydrogen) atoms. The number of Topliss-reactive ketones (excluding diaryl/α,β-unsaturated/α-hetero) is 2. The van der Waals surface area contributed by atoms with E-state index in [1.807, 2.05) is 41.3 Å². The van der Waals surface area contributed by atoms with Gasteiger partial charge in [0, 0.05) is 60.3 Å². The smallest absolute Gasteiger partial charge is 0.223 e. The highest BCUT2D eigenvalue weighted by atomic mass is 79.9. The zero-order valence-electron chi connectivity index (χ0n) is 15.9. The fourth-order valence-corrected chi connectivity index (χ4v) is 3.54. The summed E-state index contributed by atoms with van der Waals surface area (Å²) >= 11 is 3.35. The van der Waals surface area contributed by atoms with Crippen LogP contribution in [0.4, 0.5) is 5.69 Å². The number of carbonyl (C=O) groups excluding carboxylic acids is 3. The summed E-state index contributed by atoms with van der Waals surface area (Å²) in [6, 6.07) is 14.8. The first kappa shape index (κ1) is 20.3. The van der Waals surface area contributed by atoms with Gasteiger partial charge < -0.3 is 9.80 Å². The SMILES string of the molecule is CC(=O)c1ccc(N2CCN(C(=O)CCC(=O)c3ccc(Br)cc3)CC2)cc1. The van der Waals surface area contributed by atoms with Crippen molar-refractivity contribution in [1.29, 1.82) is 0 Å². The second kappa shape index (κ2) is 9.15. The van der Waals surface area contributed by atoms with E-state index in [9.17, 15) is 14.4 Å². The van der Waals surface area contributed by atoms with Crippen LogP contribution in [0.1, 0.15) is 40.5 Å². The van der Waals surface area contributed by atoms with Crippen molar-refractivity contribution >= 4 is 39.1 Å². The van der Waals surface area contributed by atoms with E-state index < -0.39 is 0 Å². The monoisotopic (exact) mass is 442 g/mol. The summed E-state index contributed by atoms with van der Waals surface area (Å²) < 4.78 is 0.925.